The molecule has 4 aromatic rings. The number of rotatable bonds is 14. The summed E-state index contributed by atoms with van der Waals surface area (Å²) in [6.45, 7) is 3.64. The minimum absolute atomic E-state index is 0.0346. The average molecular weight is 621 g/mol. The van der Waals surface area contributed by atoms with Crippen LogP contribution < -0.4 is 20.4 Å². The number of nitrogens with one attached hydrogen (secondary N) is 2. The van der Waals surface area contributed by atoms with Crippen LogP contribution in [0.25, 0.3) is 11.1 Å². The molecule has 1 aliphatic rings. The van der Waals surface area contributed by atoms with E-state index in [2.05, 4.69) is 38.7 Å². The quantitative estimate of drug-likeness (QED) is 0.177. The molecule has 0 unspecified atom stereocenters. The van der Waals surface area contributed by atoms with E-state index in [4.69, 9.17) is 4.98 Å². The summed E-state index contributed by atoms with van der Waals surface area (Å²) in [5.74, 6) is 1.27. The van der Waals surface area contributed by atoms with Crippen molar-refractivity contribution in [2.75, 3.05) is 28.2 Å². The predicted molar refractivity (Wildman–Crippen MR) is 177 cm³/mol. The van der Waals surface area contributed by atoms with Crippen LogP contribution in [0.5, 0.6) is 0 Å². The third-order valence-corrected chi connectivity index (χ3v) is 8.01. The maximum atomic E-state index is 13.9. The molecule has 12 nitrogen and oxygen atoms in total. The second-order valence-electron chi connectivity index (χ2n) is 11.4. The SMILES string of the molecule is CCCC[C@@H](CCCNc1ncc(C#N)c(N2CCCC2=O)n1)N(C(=O)NCc1ccccc1)c1ccc(-c2cnn(C)c2)cn1. The van der Waals surface area contributed by atoms with Gasteiger partial charge >= 0.3 is 6.03 Å². The third-order valence-electron chi connectivity index (χ3n) is 8.01. The Morgan fingerprint density at radius 2 is 1.89 bits per heavy atom. The fraction of sp³-hybridized carbons (Fsp3) is 0.382. The lowest BCUT2D eigenvalue weighted by Crippen LogP contribution is -2.47. The van der Waals surface area contributed by atoms with E-state index in [-0.39, 0.29) is 23.5 Å². The maximum Gasteiger partial charge on any atom is 0.323 e. The fourth-order valence-corrected chi connectivity index (χ4v) is 5.58. The van der Waals surface area contributed by atoms with Gasteiger partial charge in [-0.25, -0.2) is 14.8 Å². The summed E-state index contributed by atoms with van der Waals surface area (Å²) in [6, 6.07) is 15.5. The number of benzene rings is 1. The Bertz CT molecular complexity index is 1650. The number of hydrogen-bond acceptors (Lipinski definition) is 8. The summed E-state index contributed by atoms with van der Waals surface area (Å²) >= 11 is 0. The highest BCUT2D eigenvalue weighted by Gasteiger charge is 2.27. The van der Waals surface area contributed by atoms with Gasteiger partial charge in [0.2, 0.25) is 11.9 Å². The third kappa shape index (κ3) is 8.04. The summed E-state index contributed by atoms with van der Waals surface area (Å²) < 4.78 is 1.75. The predicted octanol–water partition coefficient (Wildman–Crippen LogP) is 5.44. The van der Waals surface area contributed by atoms with Crippen molar-refractivity contribution in [1.29, 1.82) is 5.26 Å². The maximum absolute atomic E-state index is 13.9. The van der Waals surface area contributed by atoms with E-state index in [1.165, 1.54) is 6.20 Å². The Morgan fingerprint density at radius 1 is 1.07 bits per heavy atom. The normalized spacial score (nSPS) is 13.3. The zero-order valence-corrected chi connectivity index (χ0v) is 26.4. The van der Waals surface area contributed by atoms with E-state index in [0.29, 0.717) is 50.1 Å². The molecule has 0 bridgehead atoms. The summed E-state index contributed by atoms with van der Waals surface area (Å²) in [5, 5.41) is 20.2. The van der Waals surface area contributed by atoms with E-state index < -0.39 is 0 Å². The van der Waals surface area contributed by atoms with Crippen molar-refractivity contribution in [2.24, 2.45) is 7.05 Å². The van der Waals surface area contributed by atoms with Gasteiger partial charge in [-0.3, -0.25) is 19.3 Å². The van der Waals surface area contributed by atoms with E-state index in [1.54, 1.807) is 26.9 Å². The molecule has 0 radical (unpaired) electrons. The highest BCUT2D eigenvalue weighted by Crippen LogP contribution is 2.26. The summed E-state index contributed by atoms with van der Waals surface area (Å²) in [4.78, 5) is 43.1. The lowest BCUT2D eigenvalue weighted by atomic mass is 10.0. The van der Waals surface area contributed by atoms with Crippen molar-refractivity contribution in [3.8, 4) is 17.2 Å². The zero-order chi connectivity index (χ0) is 32.3. The molecule has 1 fully saturated rings. The first-order valence-electron chi connectivity index (χ1n) is 15.8. The van der Waals surface area contributed by atoms with Crippen LogP contribution in [0, 0.1) is 11.3 Å². The highest BCUT2D eigenvalue weighted by atomic mass is 16.2. The van der Waals surface area contributed by atoms with Gasteiger partial charge in [-0.15, -0.1) is 0 Å². The number of hydrogen-bond donors (Lipinski definition) is 2. The molecule has 1 saturated heterocycles. The number of carbonyl (C=O) groups excluding carboxylic acids is 2. The van der Waals surface area contributed by atoms with Crippen LogP contribution in [0.4, 0.5) is 22.4 Å². The standard InChI is InChI=1S/C34H40N10O2/c1-3-4-12-29(13-8-17-36-33-38-22-27(19-35)32(41-33)43-18-9-14-31(43)45)44(34(46)39-20-25-10-6-5-7-11-25)30-16-15-26(21-37-30)28-23-40-42(2)24-28/h5-7,10-11,15-16,21-24,29H,3-4,8-9,12-14,17-18,20H2,1-2H3,(H,39,46)(H,36,38,41)/t29-/m0/s1. The highest BCUT2D eigenvalue weighted by molar-refractivity contribution is 5.95. The first-order valence-corrected chi connectivity index (χ1v) is 15.8. The van der Waals surface area contributed by atoms with Crippen LogP contribution >= 0.6 is 0 Å². The topological polar surface area (TPSA) is 145 Å². The first kappa shape index (κ1) is 32.1. The molecule has 0 spiro atoms. The number of carbonyl (C=O) groups is 2. The van der Waals surface area contributed by atoms with Gasteiger partial charge in [0.15, 0.2) is 5.82 Å². The van der Waals surface area contributed by atoms with Gasteiger partial charge in [0, 0.05) is 62.7 Å². The van der Waals surface area contributed by atoms with Gasteiger partial charge < -0.3 is 10.6 Å². The van der Waals surface area contributed by atoms with E-state index in [1.807, 2.05) is 55.7 Å². The van der Waals surface area contributed by atoms with Gasteiger partial charge in [0.1, 0.15) is 17.5 Å². The molecule has 0 saturated carbocycles. The Hall–Kier alpha value is -5.31. The average Bonchev–Trinajstić information content (AvgIpc) is 3.72. The van der Waals surface area contributed by atoms with E-state index in [9.17, 15) is 14.9 Å². The first-order chi connectivity index (χ1) is 22.5. The van der Waals surface area contributed by atoms with E-state index >= 15 is 0 Å². The molecule has 3 amide bonds. The van der Waals surface area contributed by atoms with Crippen molar-refractivity contribution < 1.29 is 9.59 Å². The summed E-state index contributed by atoms with van der Waals surface area (Å²) in [6.07, 6.45) is 12.4. The summed E-state index contributed by atoms with van der Waals surface area (Å²) in [7, 11) is 1.87. The van der Waals surface area contributed by atoms with Crippen LogP contribution in [-0.4, -0.2) is 55.8 Å². The number of nitrogens with zero attached hydrogens (tertiary/aromatic N) is 8. The molecule has 4 heterocycles. The molecule has 2 N–H and O–H groups in total. The van der Waals surface area contributed by atoms with Gasteiger partial charge in [0.05, 0.1) is 12.4 Å². The second-order valence-corrected chi connectivity index (χ2v) is 11.4. The van der Waals surface area contributed by atoms with Crippen molar-refractivity contribution in [1.82, 2.24) is 30.0 Å². The molecule has 5 rings (SSSR count). The van der Waals surface area contributed by atoms with Crippen LogP contribution in [0.3, 0.4) is 0 Å². The fourth-order valence-electron chi connectivity index (χ4n) is 5.58. The van der Waals surface area contributed by atoms with Crippen LogP contribution in [-0.2, 0) is 18.4 Å². The molecular weight excluding hydrogens is 580 g/mol. The number of nitriles is 1. The molecular formula is C34H40N10O2. The monoisotopic (exact) mass is 620 g/mol. The Morgan fingerprint density at radius 3 is 2.57 bits per heavy atom. The smallest absolute Gasteiger partial charge is 0.323 e. The molecule has 3 aromatic heterocycles. The van der Waals surface area contributed by atoms with Crippen LogP contribution in [0.2, 0.25) is 0 Å². The van der Waals surface area contributed by atoms with Crippen molar-refractivity contribution >= 4 is 29.5 Å². The Balaban J connectivity index is 1.31. The molecule has 0 aliphatic carbocycles. The second kappa shape index (κ2) is 15.6. The molecule has 12 heteroatoms. The number of amides is 3. The molecule has 238 valence electrons. The lowest BCUT2D eigenvalue weighted by molar-refractivity contribution is -0.117. The largest absolute Gasteiger partial charge is 0.354 e. The van der Waals surface area contributed by atoms with Crippen molar-refractivity contribution in [3.05, 3.63) is 78.4 Å². The Labute approximate surface area is 269 Å². The van der Waals surface area contributed by atoms with E-state index in [0.717, 1.165) is 48.8 Å². The molecule has 1 aromatic carbocycles. The van der Waals surface area contributed by atoms with Crippen molar-refractivity contribution in [3.63, 3.8) is 0 Å². The van der Waals surface area contributed by atoms with Gasteiger partial charge in [-0.1, -0.05) is 50.1 Å². The number of unbranched alkanes of at least 4 members (excludes halogenated alkanes) is 1. The van der Waals surface area contributed by atoms with Crippen LogP contribution in [0.15, 0.2) is 67.3 Å². The van der Waals surface area contributed by atoms with Gasteiger partial charge in [0.25, 0.3) is 0 Å². The summed E-state index contributed by atoms with van der Waals surface area (Å²) in [5.41, 5.74) is 3.17. The van der Waals surface area contributed by atoms with Gasteiger partial charge in [-0.05, 0) is 43.4 Å². The minimum Gasteiger partial charge on any atom is -0.354 e. The minimum atomic E-state index is -0.199. The number of aryl methyl sites for hydroxylation is 1. The van der Waals surface area contributed by atoms with Crippen LogP contribution in [0.1, 0.15) is 63.0 Å². The number of anilines is 3. The number of pyridine rings is 1. The van der Waals surface area contributed by atoms with Gasteiger partial charge in [-0.2, -0.15) is 15.3 Å². The van der Waals surface area contributed by atoms with Crippen molar-refractivity contribution in [2.45, 2.75) is 64.5 Å². The molecule has 1 atom stereocenters. The zero-order valence-electron chi connectivity index (χ0n) is 26.4. The number of urea groups is 1. The molecule has 46 heavy (non-hydrogen) atoms. The Kier molecular flexibility index (Phi) is 10.9. The lowest BCUT2D eigenvalue weighted by Gasteiger charge is -2.31. The molecule has 1 aliphatic heterocycles. The number of aromatic nitrogens is 5.